The molecular weight excluding hydrogens is 217 g/mol. The van der Waals surface area contributed by atoms with E-state index in [4.69, 9.17) is 11.5 Å². The highest BCUT2D eigenvalue weighted by molar-refractivity contribution is 5.74. The number of amides is 1. The molecule has 16 heavy (non-hydrogen) atoms. The number of aliphatic hydroxyl groups excluding tert-OH is 2. The van der Waals surface area contributed by atoms with Gasteiger partial charge in [-0.1, -0.05) is 0 Å². The molecule has 1 heterocycles. The van der Waals surface area contributed by atoms with Gasteiger partial charge in [-0.2, -0.15) is 4.39 Å². The Kier molecular flexibility index (Phi) is 3.75. The summed E-state index contributed by atoms with van der Waals surface area (Å²) in [5.41, 5.74) is 10.1. The van der Waals surface area contributed by atoms with E-state index in [1.165, 1.54) is 6.07 Å². The van der Waals surface area contributed by atoms with Crippen molar-refractivity contribution in [3.8, 4) is 0 Å². The smallest absolute Gasteiger partial charge is 0.220 e. The molecule has 0 aliphatic rings. The predicted molar refractivity (Wildman–Crippen MR) is 53.4 cm³/mol. The monoisotopic (exact) mass is 229 g/mol. The molecular formula is C9H12FN3O3. The molecule has 0 fully saturated rings. The Hall–Kier alpha value is -1.73. The Balaban J connectivity index is 2.90. The van der Waals surface area contributed by atoms with Crippen molar-refractivity contribution in [2.75, 3.05) is 5.73 Å². The van der Waals surface area contributed by atoms with E-state index in [0.29, 0.717) is 0 Å². The zero-order chi connectivity index (χ0) is 12.3. The number of carbonyl (C=O) groups excluding carboxylic acids is 1. The van der Waals surface area contributed by atoms with Crippen LogP contribution in [0.2, 0.25) is 0 Å². The predicted octanol–water partition coefficient (Wildman–Crippen LogP) is -0.927. The largest absolute Gasteiger partial charge is 0.397 e. The summed E-state index contributed by atoms with van der Waals surface area (Å²) in [6.45, 7) is 0. The first-order valence-electron chi connectivity index (χ1n) is 4.48. The molecule has 6 N–H and O–H groups in total. The van der Waals surface area contributed by atoms with Gasteiger partial charge >= 0.3 is 0 Å². The van der Waals surface area contributed by atoms with Crippen molar-refractivity contribution in [2.24, 2.45) is 5.73 Å². The molecule has 2 atom stereocenters. The van der Waals surface area contributed by atoms with Crippen LogP contribution in [0.1, 0.15) is 18.2 Å². The molecule has 0 bridgehead atoms. The SMILES string of the molecule is NC(=O)CC(O)C(O)c1nc(F)ccc1N. The van der Waals surface area contributed by atoms with Gasteiger partial charge < -0.3 is 21.7 Å². The minimum absolute atomic E-state index is 0.0254. The lowest BCUT2D eigenvalue weighted by molar-refractivity contribution is -0.121. The molecule has 0 spiro atoms. The van der Waals surface area contributed by atoms with Crippen molar-refractivity contribution in [1.29, 1.82) is 0 Å². The summed E-state index contributed by atoms with van der Waals surface area (Å²) in [5.74, 6) is -1.63. The fourth-order valence-electron chi connectivity index (χ4n) is 1.20. The molecule has 1 aromatic heterocycles. The first-order chi connectivity index (χ1) is 7.41. The Morgan fingerprint density at radius 3 is 2.69 bits per heavy atom. The van der Waals surface area contributed by atoms with Crippen molar-refractivity contribution >= 4 is 11.6 Å². The van der Waals surface area contributed by atoms with Crippen molar-refractivity contribution < 1.29 is 19.4 Å². The lowest BCUT2D eigenvalue weighted by atomic mass is 10.1. The highest BCUT2D eigenvalue weighted by atomic mass is 19.1. The summed E-state index contributed by atoms with van der Waals surface area (Å²) in [5, 5.41) is 19.0. The minimum Gasteiger partial charge on any atom is -0.397 e. The number of pyridine rings is 1. The van der Waals surface area contributed by atoms with Crippen molar-refractivity contribution in [3.05, 3.63) is 23.8 Å². The second-order valence-corrected chi connectivity index (χ2v) is 3.29. The van der Waals surface area contributed by atoms with Gasteiger partial charge in [-0.15, -0.1) is 0 Å². The summed E-state index contributed by atoms with van der Waals surface area (Å²) >= 11 is 0. The molecule has 1 aromatic rings. The molecule has 0 aliphatic heterocycles. The number of rotatable bonds is 4. The average Bonchev–Trinajstić information content (AvgIpc) is 2.19. The van der Waals surface area contributed by atoms with Crippen LogP contribution in [0.3, 0.4) is 0 Å². The molecule has 0 aliphatic carbocycles. The van der Waals surface area contributed by atoms with Crippen LogP contribution < -0.4 is 11.5 Å². The minimum atomic E-state index is -1.55. The van der Waals surface area contributed by atoms with Crippen LogP contribution in [-0.4, -0.2) is 27.2 Å². The number of halogens is 1. The van der Waals surface area contributed by atoms with Crippen LogP contribution in [0.4, 0.5) is 10.1 Å². The van der Waals surface area contributed by atoms with Gasteiger partial charge in [0.25, 0.3) is 0 Å². The zero-order valence-corrected chi connectivity index (χ0v) is 8.30. The second-order valence-electron chi connectivity index (χ2n) is 3.29. The number of carbonyl (C=O) groups is 1. The quantitative estimate of drug-likeness (QED) is 0.497. The van der Waals surface area contributed by atoms with Gasteiger partial charge in [-0.05, 0) is 12.1 Å². The highest BCUT2D eigenvalue weighted by Crippen LogP contribution is 2.22. The topological polar surface area (TPSA) is 122 Å². The van der Waals surface area contributed by atoms with Crippen LogP contribution in [0.15, 0.2) is 12.1 Å². The van der Waals surface area contributed by atoms with E-state index in [-0.39, 0.29) is 11.4 Å². The summed E-state index contributed by atoms with van der Waals surface area (Å²) in [7, 11) is 0. The zero-order valence-electron chi connectivity index (χ0n) is 8.30. The Morgan fingerprint density at radius 2 is 2.12 bits per heavy atom. The van der Waals surface area contributed by atoms with E-state index >= 15 is 0 Å². The number of nitrogens with two attached hydrogens (primary N) is 2. The molecule has 88 valence electrons. The van der Waals surface area contributed by atoms with Crippen molar-refractivity contribution in [3.63, 3.8) is 0 Å². The van der Waals surface area contributed by atoms with Gasteiger partial charge in [0.2, 0.25) is 11.9 Å². The fourth-order valence-corrected chi connectivity index (χ4v) is 1.20. The third kappa shape index (κ3) is 2.88. The van der Waals surface area contributed by atoms with Gasteiger partial charge in [0.15, 0.2) is 0 Å². The molecule has 0 saturated heterocycles. The summed E-state index contributed by atoms with van der Waals surface area (Å²) in [6, 6.07) is 2.23. The van der Waals surface area contributed by atoms with Gasteiger partial charge in [0, 0.05) is 0 Å². The van der Waals surface area contributed by atoms with Crippen molar-refractivity contribution in [2.45, 2.75) is 18.6 Å². The van der Waals surface area contributed by atoms with Gasteiger partial charge in [-0.25, -0.2) is 4.98 Å². The lowest BCUT2D eigenvalue weighted by Gasteiger charge is -2.17. The maximum Gasteiger partial charge on any atom is 0.220 e. The highest BCUT2D eigenvalue weighted by Gasteiger charge is 2.23. The van der Waals surface area contributed by atoms with E-state index in [1.807, 2.05) is 0 Å². The Morgan fingerprint density at radius 1 is 1.50 bits per heavy atom. The molecule has 2 unspecified atom stereocenters. The number of hydrogen-bond acceptors (Lipinski definition) is 5. The fraction of sp³-hybridized carbons (Fsp3) is 0.333. The van der Waals surface area contributed by atoms with Gasteiger partial charge in [0.1, 0.15) is 6.10 Å². The van der Waals surface area contributed by atoms with Crippen LogP contribution in [0, 0.1) is 5.95 Å². The molecule has 0 radical (unpaired) electrons. The molecule has 1 rings (SSSR count). The van der Waals surface area contributed by atoms with E-state index in [9.17, 15) is 19.4 Å². The molecule has 7 heteroatoms. The Labute approximate surface area is 90.7 Å². The second kappa shape index (κ2) is 4.86. The number of aliphatic hydroxyl groups is 2. The summed E-state index contributed by atoms with van der Waals surface area (Å²) in [6.07, 6.45) is -3.48. The maximum absolute atomic E-state index is 12.8. The van der Waals surface area contributed by atoms with E-state index in [2.05, 4.69) is 4.98 Å². The number of nitrogen functional groups attached to an aromatic ring is 1. The van der Waals surface area contributed by atoms with Crippen LogP contribution in [0.5, 0.6) is 0 Å². The molecule has 1 amide bonds. The summed E-state index contributed by atoms with van der Waals surface area (Å²) in [4.78, 5) is 13.9. The average molecular weight is 229 g/mol. The lowest BCUT2D eigenvalue weighted by Crippen LogP contribution is -2.27. The van der Waals surface area contributed by atoms with Crippen LogP contribution in [0.25, 0.3) is 0 Å². The molecule has 0 aromatic carbocycles. The van der Waals surface area contributed by atoms with Crippen molar-refractivity contribution in [1.82, 2.24) is 4.98 Å². The van der Waals surface area contributed by atoms with Gasteiger partial charge in [-0.3, -0.25) is 4.79 Å². The number of aromatic nitrogens is 1. The van der Waals surface area contributed by atoms with Crippen LogP contribution in [-0.2, 0) is 4.79 Å². The van der Waals surface area contributed by atoms with E-state index in [1.54, 1.807) is 0 Å². The summed E-state index contributed by atoms with van der Waals surface area (Å²) < 4.78 is 12.8. The number of nitrogens with zero attached hydrogens (tertiary/aromatic N) is 1. The normalized spacial score (nSPS) is 14.4. The standard InChI is InChI=1S/C9H12FN3O3/c10-6-2-1-4(11)8(13-6)9(16)5(14)3-7(12)15/h1-2,5,9,14,16H,3,11H2,(H2,12,15). The van der Waals surface area contributed by atoms with Crippen LogP contribution >= 0.6 is 0 Å². The number of hydrogen-bond donors (Lipinski definition) is 4. The van der Waals surface area contributed by atoms with E-state index in [0.717, 1.165) is 6.07 Å². The first-order valence-corrected chi connectivity index (χ1v) is 4.48. The maximum atomic E-state index is 12.8. The Bertz CT molecular complexity index is 400. The molecule has 6 nitrogen and oxygen atoms in total. The number of primary amides is 1. The first kappa shape index (κ1) is 12.3. The third-order valence-electron chi connectivity index (χ3n) is 1.98. The van der Waals surface area contributed by atoms with E-state index < -0.39 is 30.5 Å². The third-order valence-corrected chi connectivity index (χ3v) is 1.98. The molecule has 0 saturated carbocycles. The number of anilines is 1. The van der Waals surface area contributed by atoms with Gasteiger partial charge in [0.05, 0.1) is 23.9 Å².